The quantitative estimate of drug-likeness (QED) is 0.852. The molecule has 0 atom stereocenters. The predicted octanol–water partition coefficient (Wildman–Crippen LogP) is 3.47. The van der Waals surface area contributed by atoms with Crippen LogP contribution in [-0.2, 0) is 11.3 Å². The van der Waals surface area contributed by atoms with Crippen molar-refractivity contribution in [2.45, 2.75) is 6.54 Å². The van der Waals surface area contributed by atoms with E-state index in [2.05, 4.69) is 9.98 Å². The number of pyridine rings is 1. The Hall–Kier alpha value is -2.69. The van der Waals surface area contributed by atoms with Crippen LogP contribution in [0.3, 0.4) is 0 Å². The van der Waals surface area contributed by atoms with E-state index in [-0.39, 0.29) is 5.82 Å². The number of methoxy groups -OCH3 is 2. The van der Waals surface area contributed by atoms with Gasteiger partial charge >= 0.3 is 0 Å². The Kier molecular flexibility index (Phi) is 3.87. The van der Waals surface area contributed by atoms with Crippen molar-refractivity contribution in [3.8, 4) is 17.0 Å². The number of hydrogen-bond acceptors (Lipinski definition) is 4. The molecule has 2 aromatic rings. The largest absolute Gasteiger partial charge is 0.481 e. The molecule has 0 N–H and O–H groups in total. The van der Waals surface area contributed by atoms with Gasteiger partial charge in [0.05, 0.1) is 26.5 Å². The fraction of sp³-hybridized carbons (Fsp3) is 0.176. The number of aromatic nitrogens is 1. The van der Waals surface area contributed by atoms with Crippen LogP contribution < -0.4 is 4.74 Å². The highest BCUT2D eigenvalue weighted by Gasteiger charge is 2.16. The Balaban J connectivity index is 2.15. The van der Waals surface area contributed by atoms with E-state index < -0.39 is 0 Å². The first-order valence-electron chi connectivity index (χ1n) is 6.82. The molecule has 22 heavy (non-hydrogen) atoms. The summed E-state index contributed by atoms with van der Waals surface area (Å²) in [6, 6.07) is 8.43. The second-order valence-corrected chi connectivity index (χ2v) is 4.75. The normalized spacial score (nSPS) is 13.1. The van der Waals surface area contributed by atoms with E-state index in [1.54, 1.807) is 31.4 Å². The van der Waals surface area contributed by atoms with Crippen LogP contribution in [0.15, 0.2) is 41.4 Å². The average Bonchev–Trinajstić information content (AvgIpc) is 2.75. The van der Waals surface area contributed by atoms with Gasteiger partial charge in [-0.1, -0.05) is 18.2 Å². The first kappa shape index (κ1) is 14.3. The van der Waals surface area contributed by atoms with Gasteiger partial charge in [-0.2, -0.15) is 0 Å². The van der Waals surface area contributed by atoms with Crippen molar-refractivity contribution in [1.29, 1.82) is 0 Å². The molecule has 0 radical (unpaired) electrons. The van der Waals surface area contributed by atoms with Crippen LogP contribution in [0, 0.1) is 5.82 Å². The minimum atomic E-state index is -0.311. The molecule has 0 bridgehead atoms. The van der Waals surface area contributed by atoms with Crippen molar-refractivity contribution in [3.05, 3.63) is 53.5 Å². The molecule has 1 aliphatic heterocycles. The van der Waals surface area contributed by atoms with Crippen molar-refractivity contribution in [3.63, 3.8) is 0 Å². The Morgan fingerprint density at radius 1 is 1.05 bits per heavy atom. The number of hydrogen-bond donors (Lipinski definition) is 0. The SMILES string of the molecule is COC1=NCc2nc(OC)c(-c3ccccc3F)cc2C=C1. The topological polar surface area (TPSA) is 43.7 Å². The van der Waals surface area contributed by atoms with Gasteiger partial charge in [0.1, 0.15) is 5.82 Å². The fourth-order valence-electron chi connectivity index (χ4n) is 2.35. The molecule has 0 amide bonds. The summed E-state index contributed by atoms with van der Waals surface area (Å²) in [4.78, 5) is 8.77. The molecule has 0 fully saturated rings. The first-order valence-corrected chi connectivity index (χ1v) is 6.82. The Morgan fingerprint density at radius 2 is 1.86 bits per heavy atom. The first-order chi connectivity index (χ1) is 10.7. The third-order valence-corrected chi connectivity index (χ3v) is 3.46. The molecule has 0 saturated heterocycles. The average molecular weight is 298 g/mol. The molecular formula is C17H15FN2O2. The molecule has 0 unspecified atom stereocenters. The molecule has 0 aliphatic carbocycles. The zero-order valence-corrected chi connectivity index (χ0v) is 12.3. The highest BCUT2D eigenvalue weighted by atomic mass is 19.1. The minimum Gasteiger partial charge on any atom is -0.481 e. The lowest BCUT2D eigenvalue weighted by molar-refractivity contribution is 0.396. The van der Waals surface area contributed by atoms with Crippen LogP contribution in [0.1, 0.15) is 11.3 Å². The van der Waals surface area contributed by atoms with Gasteiger partial charge in [-0.3, -0.25) is 0 Å². The number of ether oxygens (including phenoxy) is 2. The van der Waals surface area contributed by atoms with Gasteiger partial charge in [0, 0.05) is 17.2 Å². The number of benzene rings is 1. The van der Waals surface area contributed by atoms with Crippen LogP contribution in [0.25, 0.3) is 17.2 Å². The Labute approximate surface area is 127 Å². The highest BCUT2D eigenvalue weighted by molar-refractivity contribution is 5.93. The number of nitrogens with zero attached hydrogens (tertiary/aromatic N) is 2. The lowest BCUT2D eigenvalue weighted by Crippen LogP contribution is -2.00. The van der Waals surface area contributed by atoms with Gasteiger partial charge in [0.25, 0.3) is 0 Å². The molecule has 112 valence electrons. The lowest BCUT2D eigenvalue weighted by atomic mass is 10.0. The van der Waals surface area contributed by atoms with Gasteiger partial charge in [-0.25, -0.2) is 14.4 Å². The number of rotatable bonds is 2. The third-order valence-electron chi connectivity index (χ3n) is 3.46. The summed E-state index contributed by atoms with van der Waals surface area (Å²) < 4.78 is 24.5. The molecule has 0 spiro atoms. The van der Waals surface area contributed by atoms with Crippen LogP contribution in [0.2, 0.25) is 0 Å². The molecule has 1 aromatic carbocycles. The van der Waals surface area contributed by atoms with E-state index in [0.717, 1.165) is 11.3 Å². The van der Waals surface area contributed by atoms with Gasteiger partial charge in [0.15, 0.2) is 0 Å². The summed E-state index contributed by atoms with van der Waals surface area (Å²) >= 11 is 0. The van der Waals surface area contributed by atoms with Gasteiger partial charge < -0.3 is 9.47 Å². The van der Waals surface area contributed by atoms with Crippen molar-refractivity contribution >= 4 is 12.0 Å². The molecular weight excluding hydrogens is 283 g/mol. The second kappa shape index (κ2) is 5.97. The molecule has 1 aromatic heterocycles. The standard InChI is InChI=1S/C17H15FN2O2/c1-21-16-8-7-11-9-13(12-5-3-4-6-14(12)18)17(22-2)20-15(11)10-19-16/h3-9H,10H2,1-2H3. The Morgan fingerprint density at radius 3 is 2.59 bits per heavy atom. The van der Waals surface area contributed by atoms with Crippen LogP contribution in [0.4, 0.5) is 4.39 Å². The maximum absolute atomic E-state index is 14.1. The Bertz CT molecular complexity index is 769. The van der Waals surface area contributed by atoms with E-state index in [1.807, 2.05) is 12.1 Å². The summed E-state index contributed by atoms with van der Waals surface area (Å²) in [5, 5.41) is 0. The van der Waals surface area contributed by atoms with E-state index in [0.29, 0.717) is 29.4 Å². The van der Waals surface area contributed by atoms with Crippen LogP contribution >= 0.6 is 0 Å². The van der Waals surface area contributed by atoms with E-state index in [4.69, 9.17) is 9.47 Å². The van der Waals surface area contributed by atoms with Crippen molar-refractivity contribution in [2.24, 2.45) is 4.99 Å². The minimum absolute atomic E-state index is 0.311. The molecule has 4 nitrogen and oxygen atoms in total. The summed E-state index contributed by atoms with van der Waals surface area (Å²) in [6.07, 6.45) is 3.63. The molecule has 3 rings (SSSR count). The third kappa shape index (κ3) is 2.57. The number of aliphatic imine (C=N–C) groups is 1. The van der Waals surface area contributed by atoms with Crippen LogP contribution in [-0.4, -0.2) is 25.1 Å². The van der Waals surface area contributed by atoms with Gasteiger partial charge in [-0.15, -0.1) is 0 Å². The molecule has 2 heterocycles. The van der Waals surface area contributed by atoms with Crippen LogP contribution in [0.5, 0.6) is 5.88 Å². The van der Waals surface area contributed by atoms with Crippen molar-refractivity contribution in [2.75, 3.05) is 14.2 Å². The molecule has 5 heteroatoms. The number of fused-ring (bicyclic) bond motifs is 1. The van der Waals surface area contributed by atoms with E-state index in [1.165, 1.54) is 13.2 Å². The predicted molar refractivity (Wildman–Crippen MR) is 83.4 cm³/mol. The van der Waals surface area contributed by atoms with Gasteiger partial charge in [0.2, 0.25) is 11.8 Å². The second-order valence-electron chi connectivity index (χ2n) is 4.75. The van der Waals surface area contributed by atoms with Crippen molar-refractivity contribution < 1.29 is 13.9 Å². The lowest BCUT2D eigenvalue weighted by Gasteiger charge is -2.12. The van der Waals surface area contributed by atoms with Gasteiger partial charge in [-0.05, 0) is 23.8 Å². The summed E-state index contributed by atoms with van der Waals surface area (Å²) in [6.45, 7) is 0.388. The maximum Gasteiger partial charge on any atom is 0.221 e. The smallest absolute Gasteiger partial charge is 0.221 e. The maximum atomic E-state index is 14.1. The highest BCUT2D eigenvalue weighted by Crippen LogP contribution is 2.33. The fourth-order valence-corrected chi connectivity index (χ4v) is 2.35. The van der Waals surface area contributed by atoms with Crippen molar-refractivity contribution in [1.82, 2.24) is 4.98 Å². The zero-order valence-electron chi connectivity index (χ0n) is 12.3. The molecule has 1 aliphatic rings. The van der Waals surface area contributed by atoms with E-state index >= 15 is 0 Å². The summed E-state index contributed by atoms with van der Waals surface area (Å²) in [5.74, 6) is 0.603. The summed E-state index contributed by atoms with van der Waals surface area (Å²) in [7, 11) is 3.09. The monoisotopic (exact) mass is 298 g/mol. The zero-order chi connectivity index (χ0) is 15.5. The number of halogens is 1. The summed E-state index contributed by atoms with van der Waals surface area (Å²) in [5.41, 5.74) is 2.71. The van der Waals surface area contributed by atoms with E-state index in [9.17, 15) is 4.39 Å². The molecule has 0 saturated carbocycles.